The normalized spacial score (nSPS) is 12.2. The smallest absolute Gasteiger partial charge is 0.337 e. The monoisotopic (exact) mass is 146 g/mol. The van der Waals surface area contributed by atoms with E-state index in [4.69, 9.17) is 5.73 Å². The number of rotatable bonds is 4. The second kappa shape index (κ2) is 4.89. The van der Waals surface area contributed by atoms with Gasteiger partial charge in [0.25, 0.3) is 0 Å². The van der Waals surface area contributed by atoms with Crippen LogP contribution in [0.1, 0.15) is 0 Å². The van der Waals surface area contributed by atoms with E-state index in [1.165, 1.54) is 7.11 Å². The standard InChI is InChI=1S/C5H10N2O3/c1-10-5(9)4(6)7-2-3-8/h3-4,7H,2,6H2,1H3. The molecule has 1 atom stereocenters. The van der Waals surface area contributed by atoms with Gasteiger partial charge < -0.3 is 15.3 Å². The highest BCUT2D eigenvalue weighted by Gasteiger charge is 2.10. The van der Waals surface area contributed by atoms with E-state index in [2.05, 4.69) is 10.1 Å². The largest absolute Gasteiger partial charge is 0.467 e. The van der Waals surface area contributed by atoms with Gasteiger partial charge in [0.15, 0.2) is 6.17 Å². The molecular weight excluding hydrogens is 136 g/mol. The molecule has 0 aromatic rings. The van der Waals surface area contributed by atoms with Crippen LogP contribution in [0.2, 0.25) is 0 Å². The first-order chi connectivity index (χ1) is 4.72. The summed E-state index contributed by atoms with van der Waals surface area (Å²) in [7, 11) is 1.23. The van der Waals surface area contributed by atoms with Gasteiger partial charge in [0.1, 0.15) is 6.29 Å². The fraction of sp³-hybridized carbons (Fsp3) is 0.600. The van der Waals surface area contributed by atoms with Crippen molar-refractivity contribution in [2.75, 3.05) is 13.7 Å². The summed E-state index contributed by atoms with van der Waals surface area (Å²) in [6.07, 6.45) is -0.293. The lowest BCUT2D eigenvalue weighted by molar-refractivity contribution is -0.142. The summed E-state index contributed by atoms with van der Waals surface area (Å²) in [5.41, 5.74) is 5.17. The number of ether oxygens (including phenoxy) is 1. The van der Waals surface area contributed by atoms with Gasteiger partial charge in [-0.2, -0.15) is 0 Å². The van der Waals surface area contributed by atoms with Crippen LogP contribution in [-0.4, -0.2) is 32.1 Å². The zero-order valence-corrected chi connectivity index (χ0v) is 5.66. The summed E-state index contributed by atoms with van der Waals surface area (Å²) in [6.45, 7) is 0.0519. The summed E-state index contributed by atoms with van der Waals surface area (Å²) in [4.78, 5) is 20.2. The molecule has 0 aromatic heterocycles. The van der Waals surface area contributed by atoms with Gasteiger partial charge in [-0.05, 0) is 0 Å². The quantitative estimate of drug-likeness (QED) is 0.279. The minimum atomic E-state index is -0.907. The first-order valence-electron chi connectivity index (χ1n) is 2.72. The van der Waals surface area contributed by atoms with Gasteiger partial charge in [0.05, 0.1) is 13.7 Å². The highest BCUT2D eigenvalue weighted by Crippen LogP contribution is 1.75. The molecular formula is C5H10N2O3. The molecule has 58 valence electrons. The average molecular weight is 146 g/mol. The van der Waals surface area contributed by atoms with Crippen molar-refractivity contribution in [1.82, 2.24) is 5.32 Å². The third kappa shape index (κ3) is 3.16. The van der Waals surface area contributed by atoms with Crippen LogP contribution in [0.5, 0.6) is 0 Å². The molecule has 0 heterocycles. The summed E-state index contributed by atoms with van der Waals surface area (Å²) >= 11 is 0. The first-order valence-corrected chi connectivity index (χ1v) is 2.72. The molecule has 0 bridgehead atoms. The Morgan fingerprint density at radius 3 is 2.90 bits per heavy atom. The van der Waals surface area contributed by atoms with Crippen molar-refractivity contribution >= 4 is 12.3 Å². The Kier molecular flexibility index (Phi) is 4.43. The molecule has 0 amide bonds. The van der Waals surface area contributed by atoms with Gasteiger partial charge in [0, 0.05) is 0 Å². The lowest BCUT2D eigenvalue weighted by atomic mass is 10.5. The maximum absolute atomic E-state index is 10.5. The van der Waals surface area contributed by atoms with Crippen molar-refractivity contribution in [3.63, 3.8) is 0 Å². The fourth-order valence-electron chi connectivity index (χ4n) is 0.385. The zero-order chi connectivity index (χ0) is 7.98. The number of aldehydes is 1. The molecule has 1 unspecified atom stereocenters. The van der Waals surface area contributed by atoms with Gasteiger partial charge >= 0.3 is 5.97 Å². The molecule has 10 heavy (non-hydrogen) atoms. The number of esters is 1. The van der Waals surface area contributed by atoms with Crippen LogP contribution in [0.25, 0.3) is 0 Å². The summed E-state index contributed by atoms with van der Waals surface area (Å²) in [5, 5.41) is 2.42. The van der Waals surface area contributed by atoms with E-state index < -0.39 is 12.1 Å². The van der Waals surface area contributed by atoms with Crippen molar-refractivity contribution in [1.29, 1.82) is 0 Å². The van der Waals surface area contributed by atoms with Crippen molar-refractivity contribution in [2.24, 2.45) is 5.73 Å². The maximum Gasteiger partial charge on any atom is 0.337 e. The molecule has 0 aliphatic carbocycles. The van der Waals surface area contributed by atoms with Gasteiger partial charge in [0.2, 0.25) is 0 Å². The van der Waals surface area contributed by atoms with Crippen LogP contribution in [0.15, 0.2) is 0 Å². The van der Waals surface area contributed by atoms with E-state index in [1.807, 2.05) is 0 Å². The molecule has 0 aliphatic rings. The van der Waals surface area contributed by atoms with Gasteiger partial charge in [-0.3, -0.25) is 5.32 Å². The van der Waals surface area contributed by atoms with E-state index in [1.54, 1.807) is 0 Å². The Morgan fingerprint density at radius 2 is 2.50 bits per heavy atom. The Labute approximate surface area is 58.5 Å². The topological polar surface area (TPSA) is 81.4 Å². The van der Waals surface area contributed by atoms with Crippen LogP contribution in [0, 0.1) is 0 Å². The predicted octanol–water partition coefficient (Wildman–Crippen LogP) is -1.77. The molecule has 0 spiro atoms. The number of nitrogens with one attached hydrogen (secondary N) is 1. The minimum absolute atomic E-state index is 0.0519. The van der Waals surface area contributed by atoms with E-state index in [-0.39, 0.29) is 6.54 Å². The lowest BCUT2D eigenvalue weighted by Crippen LogP contribution is -2.45. The summed E-state index contributed by atoms with van der Waals surface area (Å²) in [5.74, 6) is -0.582. The van der Waals surface area contributed by atoms with Crippen molar-refractivity contribution in [3.05, 3.63) is 0 Å². The van der Waals surface area contributed by atoms with Crippen molar-refractivity contribution in [2.45, 2.75) is 6.17 Å². The predicted molar refractivity (Wildman–Crippen MR) is 34.1 cm³/mol. The number of carbonyl (C=O) groups excluding carboxylic acids is 2. The second-order valence-electron chi connectivity index (χ2n) is 1.58. The Balaban J connectivity index is 3.50. The molecule has 0 rings (SSSR count). The highest BCUT2D eigenvalue weighted by atomic mass is 16.5. The fourth-order valence-corrected chi connectivity index (χ4v) is 0.385. The average Bonchev–Trinajstić information content (AvgIpc) is 1.98. The molecule has 0 saturated carbocycles. The van der Waals surface area contributed by atoms with E-state index in [9.17, 15) is 9.59 Å². The Morgan fingerprint density at radius 1 is 1.90 bits per heavy atom. The van der Waals surface area contributed by atoms with Crippen molar-refractivity contribution in [3.8, 4) is 0 Å². The van der Waals surface area contributed by atoms with E-state index in [0.29, 0.717) is 6.29 Å². The third-order valence-corrected chi connectivity index (χ3v) is 0.876. The van der Waals surface area contributed by atoms with E-state index in [0.717, 1.165) is 0 Å². The third-order valence-electron chi connectivity index (χ3n) is 0.876. The Hall–Kier alpha value is -0.940. The number of nitrogens with two attached hydrogens (primary N) is 1. The van der Waals surface area contributed by atoms with Crippen LogP contribution in [0.4, 0.5) is 0 Å². The van der Waals surface area contributed by atoms with Crippen LogP contribution >= 0.6 is 0 Å². The SMILES string of the molecule is COC(=O)C(N)NCC=O. The number of methoxy groups -OCH3 is 1. The van der Waals surface area contributed by atoms with Gasteiger partial charge in [-0.25, -0.2) is 4.79 Å². The summed E-state index contributed by atoms with van der Waals surface area (Å²) in [6, 6.07) is 0. The zero-order valence-electron chi connectivity index (χ0n) is 5.66. The molecule has 0 fully saturated rings. The number of hydrogen-bond acceptors (Lipinski definition) is 5. The molecule has 3 N–H and O–H groups in total. The van der Waals surface area contributed by atoms with Crippen LogP contribution < -0.4 is 11.1 Å². The number of carbonyl (C=O) groups is 2. The van der Waals surface area contributed by atoms with Crippen LogP contribution in [-0.2, 0) is 14.3 Å². The van der Waals surface area contributed by atoms with Gasteiger partial charge in [-0.1, -0.05) is 0 Å². The lowest BCUT2D eigenvalue weighted by Gasteiger charge is -2.07. The Bertz CT molecular complexity index is 126. The highest BCUT2D eigenvalue weighted by molar-refractivity contribution is 5.75. The van der Waals surface area contributed by atoms with Gasteiger partial charge in [-0.15, -0.1) is 0 Å². The maximum atomic E-state index is 10.5. The molecule has 0 aliphatic heterocycles. The van der Waals surface area contributed by atoms with E-state index >= 15 is 0 Å². The molecule has 0 aromatic carbocycles. The molecule has 0 radical (unpaired) electrons. The van der Waals surface area contributed by atoms with Crippen molar-refractivity contribution < 1.29 is 14.3 Å². The minimum Gasteiger partial charge on any atom is -0.467 e. The second-order valence-corrected chi connectivity index (χ2v) is 1.58. The summed E-state index contributed by atoms with van der Waals surface area (Å²) < 4.78 is 4.27. The molecule has 5 heteroatoms. The first kappa shape index (κ1) is 9.06. The molecule has 0 saturated heterocycles. The molecule has 5 nitrogen and oxygen atoms in total. The van der Waals surface area contributed by atoms with Crippen LogP contribution in [0.3, 0.4) is 0 Å². The number of hydrogen-bond donors (Lipinski definition) is 2.